The number of nitrogens with zero attached hydrogens (tertiary/aromatic N) is 1. The number of nitrogens with one attached hydrogen (secondary N) is 1. The van der Waals surface area contributed by atoms with Crippen LogP contribution in [0.5, 0.6) is 0 Å². The van der Waals surface area contributed by atoms with E-state index in [2.05, 4.69) is 5.32 Å². The smallest absolute Gasteiger partial charge is 0.308 e. The summed E-state index contributed by atoms with van der Waals surface area (Å²) in [6.07, 6.45) is -2.32. The first-order valence-corrected chi connectivity index (χ1v) is 5.11. The second kappa shape index (κ2) is 3.97. The second-order valence-corrected chi connectivity index (χ2v) is 3.90. The molecule has 1 atom stereocenters. The van der Waals surface area contributed by atoms with Crippen molar-refractivity contribution in [1.82, 2.24) is 5.32 Å². The molecule has 0 spiro atoms. The summed E-state index contributed by atoms with van der Waals surface area (Å²) >= 11 is 0. The summed E-state index contributed by atoms with van der Waals surface area (Å²) in [6, 6.07) is 3.21. The summed E-state index contributed by atoms with van der Waals surface area (Å²) in [5, 5.41) is 2.13. The van der Waals surface area contributed by atoms with Crippen LogP contribution in [0.1, 0.15) is 5.56 Å². The van der Waals surface area contributed by atoms with Crippen molar-refractivity contribution in [2.75, 3.05) is 18.0 Å². The Morgan fingerprint density at radius 1 is 1.44 bits per heavy atom. The number of aryl methyl sites for hydroxylation is 1. The SMILES string of the molecule is Cc1cccc(N2CCNC(F)C2(F)F)c1. The van der Waals surface area contributed by atoms with Gasteiger partial charge in [0.1, 0.15) is 0 Å². The summed E-state index contributed by atoms with van der Waals surface area (Å²) in [5.41, 5.74) is 1.23. The minimum Gasteiger partial charge on any atom is -0.308 e. The monoisotopic (exact) mass is 230 g/mol. The number of piperazine rings is 1. The van der Waals surface area contributed by atoms with Gasteiger partial charge < -0.3 is 4.90 Å². The van der Waals surface area contributed by atoms with E-state index in [1.165, 1.54) is 0 Å². The van der Waals surface area contributed by atoms with E-state index < -0.39 is 12.3 Å². The molecule has 0 aliphatic carbocycles. The first-order valence-electron chi connectivity index (χ1n) is 5.11. The van der Waals surface area contributed by atoms with Gasteiger partial charge >= 0.3 is 6.05 Å². The van der Waals surface area contributed by atoms with E-state index in [0.29, 0.717) is 5.69 Å². The van der Waals surface area contributed by atoms with Crippen molar-refractivity contribution in [1.29, 1.82) is 0 Å². The average molecular weight is 230 g/mol. The molecule has 1 aromatic carbocycles. The maximum atomic E-state index is 13.6. The number of benzene rings is 1. The summed E-state index contributed by atoms with van der Waals surface area (Å²) in [6.45, 7) is 2.12. The van der Waals surface area contributed by atoms with Crippen molar-refractivity contribution in [2.45, 2.75) is 19.3 Å². The normalized spacial score (nSPS) is 24.5. The topological polar surface area (TPSA) is 15.3 Å². The van der Waals surface area contributed by atoms with Crippen LogP contribution in [0.4, 0.5) is 18.9 Å². The fraction of sp³-hybridized carbons (Fsp3) is 0.455. The van der Waals surface area contributed by atoms with E-state index in [1.807, 2.05) is 13.0 Å². The lowest BCUT2D eigenvalue weighted by molar-refractivity contribution is -0.0984. The quantitative estimate of drug-likeness (QED) is 0.745. The van der Waals surface area contributed by atoms with Crippen LogP contribution >= 0.6 is 0 Å². The summed E-state index contributed by atoms with van der Waals surface area (Å²) in [5.74, 6) is 0. The lowest BCUT2D eigenvalue weighted by Gasteiger charge is -2.39. The van der Waals surface area contributed by atoms with Gasteiger partial charge in [-0.3, -0.25) is 5.32 Å². The lowest BCUT2D eigenvalue weighted by Crippen LogP contribution is -2.61. The van der Waals surface area contributed by atoms with Gasteiger partial charge in [-0.2, -0.15) is 8.78 Å². The molecule has 0 bridgehead atoms. The maximum absolute atomic E-state index is 13.6. The number of alkyl halides is 3. The van der Waals surface area contributed by atoms with Gasteiger partial charge in [-0.1, -0.05) is 12.1 Å². The van der Waals surface area contributed by atoms with Crippen molar-refractivity contribution >= 4 is 5.69 Å². The number of hydrogen-bond acceptors (Lipinski definition) is 2. The highest BCUT2D eigenvalue weighted by atomic mass is 19.3. The molecule has 0 aromatic heterocycles. The molecule has 0 amide bonds. The molecule has 88 valence electrons. The highest BCUT2D eigenvalue weighted by molar-refractivity contribution is 5.50. The Morgan fingerprint density at radius 3 is 2.88 bits per heavy atom. The third kappa shape index (κ3) is 1.87. The molecule has 1 aliphatic heterocycles. The van der Waals surface area contributed by atoms with Crippen molar-refractivity contribution in [2.24, 2.45) is 0 Å². The Balaban J connectivity index is 2.32. The third-order valence-corrected chi connectivity index (χ3v) is 2.64. The Kier molecular flexibility index (Phi) is 2.80. The molecule has 1 unspecified atom stereocenters. The molecule has 0 saturated carbocycles. The molecule has 1 fully saturated rings. The third-order valence-electron chi connectivity index (χ3n) is 2.64. The van der Waals surface area contributed by atoms with E-state index in [9.17, 15) is 13.2 Å². The van der Waals surface area contributed by atoms with E-state index in [-0.39, 0.29) is 13.1 Å². The van der Waals surface area contributed by atoms with Crippen molar-refractivity contribution in [3.05, 3.63) is 29.8 Å². The van der Waals surface area contributed by atoms with Crippen LogP contribution in [-0.4, -0.2) is 25.4 Å². The number of hydrogen-bond donors (Lipinski definition) is 1. The average Bonchev–Trinajstić information content (AvgIpc) is 2.22. The Bertz CT molecular complexity index is 381. The van der Waals surface area contributed by atoms with Crippen LogP contribution in [0.15, 0.2) is 24.3 Å². The van der Waals surface area contributed by atoms with Crippen LogP contribution in [-0.2, 0) is 0 Å². The minimum absolute atomic E-state index is 0.0941. The van der Waals surface area contributed by atoms with Gasteiger partial charge in [0, 0.05) is 18.8 Å². The Labute approximate surface area is 92.1 Å². The van der Waals surface area contributed by atoms with Gasteiger partial charge in [0.2, 0.25) is 6.30 Å². The van der Waals surface area contributed by atoms with Gasteiger partial charge in [0.15, 0.2) is 0 Å². The molecular formula is C11H13F3N2. The van der Waals surface area contributed by atoms with Gasteiger partial charge in [-0.15, -0.1) is 0 Å². The zero-order chi connectivity index (χ0) is 11.8. The fourth-order valence-electron chi connectivity index (χ4n) is 1.81. The van der Waals surface area contributed by atoms with Crippen molar-refractivity contribution in [3.63, 3.8) is 0 Å². The van der Waals surface area contributed by atoms with Gasteiger partial charge in [0.05, 0.1) is 0 Å². The second-order valence-electron chi connectivity index (χ2n) is 3.90. The van der Waals surface area contributed by atoms with Crippen LogP contribution in [0.2, 0.25) is 0 Å². The number of halogens is 3. The van der Waals surface area contributed by atoms with Gasteiger partial charge in [0.25, 0.3) is 0 Å². The van der Waals surface area contributed by atoms with Crippen LogP contribution < -0.4 is 10.2 Å². The number of rotatable bonds is 1. The zero-order valence-electron chi connectivity index (χ0n) is 8.88. The Morgan fingerprint density at radius 2 is 2.19 bits per heavy atom. The van der Waals surface area contributed by atoms with Crippen molar-refractivity contribution < 1.29 is 13.2 Å². The molecule has 1 saturated heterocycles. The molecule has 2 rings (SSSR count). The van der Waals surface area contributed by atoms with Crippen LogP contribution in [0, 0.1) is 6.92 Å². The molecule has 2 nitrogen and oxygen atoms in total. The molecule has 1 N–H and O–H groups in total. The maximum Gasteiger partial charge on any atom is 0.370 e. The standard InChI is InChI=1S/C11H13F3N2/c1-8-3-2-4-9(7-8)16-6-5-15-10(12)11(16,13)14/h2-4,7,10,15H,5-6H2,1H3. The van der Waals surface area contributed by atoms with E-state index in [4.69, 9.17) is 0 Å². The van der Waals surface area contributed by atoms with Crippen LogP contribution in [0.25, 0.3) is 0 Å². The number of anilines is 1. The predicted molar refractivity (Wildman–Crippen MR) is 56.4 cm³/mol. The highest BCUT2D eigenvalue weighted by Crippen LogP contribution is 2.32. The summed E-state index contributed by atoms with van der Waals surface area (Å²) in [7, 11) is 0. The lowest BCUT2D eigenvalue weighted by atomic mass is 10.2. The van der Waals surface area contributed by atoms with Crippen LogP contribution in [0.3, 0.4) is 0 Å². The predicted octanol–water partition coefficient (Wildman–Crippen LogP) is 2.29. The molecule has 5 heteroatoms. The minimum atomic E-state index is -3.49. The first kappa shape index (κ1) is 11.3. The van der Waals surface area contributed by atoms with E-state index >= 15 is 0 Å². The highest BCUT2D eigenvalue weighted by Gasteiger charge is 2.48. The van der Waals surface area contributed by atoms with Gasteiger partial charge in [-0.05, 0) is 24.6 Å². The largest absolute Gasteiger partial charge is 0.370 e. The summed E-state index contributed by atoms with van der Waals surface area (Å²) in [4.78, 5) is 0.807. The van der Waals surface area contributed by atoms with E-state index in [0.717, 1.165) is 10.5 Å². The van der Waals surface area contributed by atoms with E-state index in [1.54, 1.807) is 18.2 Å². The molecule has 16 heavy (non-hydrogen) atoms. The molecular weight excluding hydrogens is 217 g/mol. The Hall–Kier alpha value is -1.23. The fourth-order valence-corrected chi connectivity index (χ4v) is 1.81. The van der Waals surface area contributed by atoms with Crippen molar-refractivity contribution in [3.8, 4) is 0 Å². The molecule has 0 radical (unpaired) electrons. The zero-order valence-corrected chi connectivity index (χ0v) is 8.88. The molecule has 1 aliphatic rings. The van der Waals surface area contributed by atoms with Gasteiger partial charge in [-0.25, -0.2) is 4.39 Å². The summed E-state index contributed by atoms with van der Waals surface area (Å²) < 4.78 is 40.2. The molecule has 1 aromatic rings. The first-order chi connectivity index (χ1) is 7.51. The molecule has 1 heterocycles.